The van der Waals surface area contributed by atoms with Gasteiger partial charge < -0.3 is 10.1 Å². The molecule has 2 nitrogen and oxygen atoms in total. The SMILES string of the molecule is COC1(Cc2ccccc2)CC2CCC(C1)N2. The molecule has 2 bridgehead atoms. The number of methoxy groups -OCH3 is 1. The standard InChI is InChI=1S/C15H21NO/c1-17-15(9-12-5-3-2-4-6-12)10-13-7-8-14(11-15)16-13/h2-6,13-14,16H,7-11H2,1H3. The van der Waals surface area contributed by atoms with Crippen LogP contribution >= 0.6 is 0 Å². The van der Waals surface area contributed by atoms with Crippen molar-refractivity contribution in [1.29, 1.82) is 0 Å². The van der Waals surface area contributed by atoms with Gasteiger partial charge in [0.25, 0.3) is 0 Å². The fraction of sp³-hybridized carbons (Fsp3) is 0.600. The second-order valence-electron chi connectivity index (χ2n) is 5.60. The summed E-state index contributed by atoms with van der Waals surface area (Å²) in [4.78, 5) is 0. The Morgan fingerprint density at radius 2 is 1.82 bits per heavy atom. The van der Waals surface area contributed by atoms with Crippen molar-refractivity contribution in [2.24, 2.45) is 0 Å². The van der Waals surface area contributed by atoms with Gasteiger partial charge in [0.15, 0.2) is 0 Å². The molecule has 0 spiro atoms. The molecule has 1 aromatic rings. The molecule has 0 radical (unpaired) electrons. The predicted molar refractivity (Wildman–Crippen MR) is 69.1 cm³/mol. The summed E-state index contributed by atoms with van der Waals surface area (Å²) in [5.74, 6) is 0. The van der Waals surface area contributed by atoms with Crippen LogP contribution in [0.1, 0.15) is 31.2 Å². The Labute approximate surface area is 103 Å². The van der Waals surface area contributed by atoms with Crippen molar-refractivity contribution in [2.45, 2.75) is 49.8 Å². The van der Waals surface area contributed by atoms with E-state index in [1.165, 1.54) is 18.4 Å². The van der Waals surface area contributed by atoms with Crippen molar-refractivity contribution in [2.75, 3.05) is 7.11 Å². The molecular weight excluding hydrogens is 210 g/mol. The van der Waals surface area contributed by atoms with Crippen molar-refractivity contribution in [3.63, 3.8) is 0 Å². The quantitative estimate of drug-likeness (QED) is 0.863. The van der Waals surface area contributed by atoms with E-state index in [0.717, 1.165) is 19.3 Å². The van der Waals surface area contributed by atoms with E-state index in [1.54, 1.807) is 0 Å². The van der Waals surface area contributed by atoms with Crippen molar-refractivity contribution < 1.29 is 4.74 Å². The van der Waals surface area contributed by atoms with Crippen LogP contribution in [0.5, 0.6) is 0 Å². The first-order chi connectivity index (χ1) is 8.30. The van der Waals surface area contributed by atoms with Gasteiger partial charge in [0, 0.05) is 25.6 Å². The van der Waals surface area contributed by atoms with E-state index >= 15 is 0 Å². The normalized spacial score (nSPS) is 36.1. The summed E-state index contributed by atoms with van der Waals surface area (Å²) in [6.07, 6.45) is 6.03. The highest BCUT2D eigenvalue weighted by molar-refractivity contribution is 5.18. The van der Waals surface area contributed by atoms with Crippen LogP contribution in [0.25, 0.3) is 0 Å². The van der Waals surface area contributed by atoms with Gasteiger partial charge in [-0.15, -0.1) is 0 Å². The summed E-state index contributed by atoms with van der Waals surface area (Å²) in [5, 5.41) is 3.69. The van der Waals surface area contributed by atoms with Crippen molar-refractivity contribution in [3.8, 4) is 0 Å². The summed E-state index contributed by atoms with van der Waals surface area (Å²) in [6, 6.07) is 12.1. The second kappa shape index (κ2) is 4.43. The van der Waals surface area contributed by atoms with Crippen LogP contribution in [-0.2, 0) is 11.2 Å². The molecule has 2 atom stereocenters. The van der Waals surface area contributed by atoms with Crippen LogP contribution < -0.4 is 5.32 Å². The second-order valence-corrected chi connectivity index (χ2v) is 5.60. The third-order valence-corrected chi connectivity index (χ3v) is 4.37. The van der Waals surface area contributed by atoms with Crippen LogP contribution in [0.3, 0.4) is 0 Å². The average molecular weight is 231 g/mol. The smallest absolute Gasteiger partial charge is 0.0748 e. The fourth-order valence-electron chi connectivity index (χ4n) is 3.56. The number of piperidine rings is 1. The third-order valence-electron chi connectivity index (χ3n) is 4.37. The molecule has 1 aromatic carbocycles. The molecule has 3 rings (SSSR count). The van der Waals surface area contributed by atoms with E-state index < -0.39 is 0 Å². The summed E-state index contributed by atoms with van der Waals surface area (Å²) < 4.78 is 5.92. The molecule has 0 aromatic heterocycles. The van der Waals surface area contributed by atoms with Crippen LogP contribution in [0, 0.1) is 0 Å². The van der Waals surface area contributed by atoms with Crippen molar-refractivity contribution in [1.82, 2.24) is 5.32 Å². The summed E-state index contributed by atoms with van der Waals surface area (Å²) >= 11 is 0. The zero-order valence-corrected chi connectivity index (χ0v) is 10.5. The van der Waals surface area contributed by atoms with Gasteiger partial charge in [-0.3, -0.25) is 0 Å². The maximum atomic E-state index is 5.92. The predicted octanol–water partition coefficient (Wildman–Crippen LogP) is 2.53. The molecule has 2 aliphatic heterocycles. The molecule has 2 aliphatic rings. The Balaban J connectivity index is 1.78. The molecular formula is C15H21NO. The zero-order chi connectivity index (χ0) is 11.7. The first-order valence-corrected chi connectivity index (χ1v) is 6.65. The summed E-state index contributed by atoms with van der Waals surface area (Å²) in [7, 11) is 1.88. The number of hydrogen-bond acceptors (Lipinski definition) is 2. The number of hydrogen-bond donors (Lipinski definition) is 1. The van der Waals surface area contributed by atoms with Gasteiger partial charge in [-0.25, -0.2) is 0 Å². The molecule has 1 N–H and O–H groups in total. The van der Waals surface area contributed by atoms with E-state index in [2.05, 4.69) is 35.6 Å². The molecule has 2 unspecified atom stereocenters. The molecule has 2 heterocycles. The van der Waals surface area contributed by atoms with Crippen molar-refractivity contribution in [3.05, 3.63) is 35.9 Å². The van der Waals surface area contributed by atoms with E-state index in [-0.39, 0.29) is 5.60 Å². The monoisotopic (exact) mass is 231 g/mol. The lowest BCUT2D eigenvalue weighted by atomic mass is 9.82. The topological polar surface area (TPSA) is 21.3 Å². The van der Waals surface area contributed by atoms with Crippen molar-refractivity contribution >= 4 is 0 Å². The summed E-state index contributed by atoms with van der Waals surface area (Å²) in [6.45, 7) is 0. The van der Waals surface area contributed by atoms with Crippen LogP contribution in [-0.4, -0.2) is 24.8 Å². The molecule has 0 amide bonds. The number of nitrogens with one attached hydrogen (secondary N) is 1. The van der Waals surface area contributed by atoms with E-state index in [1.807, 2.05) is 7.11 Å². The Hall–Kier alpha value is -0.860. The van der Waals surface area contributed by atoms with Gasteiger partial charge >= 0.3 is 0 Å². The third kappa shape index (κ3) is 2.24. The van der Waals surface area contributed by atoms with Gasteiger partial charge in [-0.05, 0) is 31.2 Å². The minimum atomic E-state index is 0.0679. The maximum absolute atomic E-state index is 5.92. The van der Waals surface area contributed by atoms with E-state index in [4.69, 9.17) is 4.74 Å². The Bertz CT molecular complexity index is 364. The highest BCUT2D eigenvalue weighted by Crippen LogP contribution is 2.38. The highest BCUT2D eigenvalue weighted by atomic mass is 16.5. The maximum Gasteiger partial charge on any atom is 0.0748 e. The number of fused-ring (bicyclic) bond motifs is 2. The average Bonchev–Trinajstić information content (AvgIpc) is 2.71. The first kappa shape index (κ1) is 11.2. The molecule has 17 heavy (non-hydrogen) atoms. The van der Waals surface area contributed by atoms with E-state index in [9.17, 15) is 0 Å². The Morgan fingerprint density at radius 3 is 2.41 bits per heavy atom. The largest absolute Gasteiger partial charge is 0.378 e. The van der Waals surface area contributed by atoms with Gasteiger partial charge in [0.1, 0.15) is 0 Å². The Morgan fingerprint density at radius 1 is 1.18 bits per heavy atom. The zero-order valence-electron chi connectivity index (χ0n) is 10.5. The van der Waals surface area contributed by atoms with Crippen LogP contribution in [0.2, 0.25) is 0 Å². The molecule has 2 heteroatoms. The molecule has 0 aliphatic carbocycles. The lowest BCUT2D eigenvalue weighted by molar-refractivity contribution is -0.0466. The fourth-order valence-corrected chi connectivity index (χ4v) is 3.56. The molecule has 2 saturated heterocycles. The number of benzene rings is 1. The molecule has 92 valence electrons. The Kier molecular flexibility index (Phi) is 2.93. The van der Waals surface area contributed by atoms with Crippen LogP contribution in [0.15, 0.2) is 30.3 Å². The van der Waals surface area contributed by atoms with Gasteiger partial charge in [0.2, 0.25) is 0 Å². The number of rotatable bonds is 3. The number of ether oxygens (including phenoxy) is 1. The first-order valence-electron chi connectivity index (χ1n) is 6.65. The van der Waals surface area contributed by atoms with Gasteiger partial charge in [-0.1, -0.05) is 30.3 Å². The lowest BCUT2D eigenvalue weighted by Gasteiger charge is -2.40. The van der Waals surface area contributed by atoms with E-state index in [0.29, 0.717) is 12.1 Å². The van der Waals surface area contributed by atoms with Gasteiger partial charge in [0.05, 0.1) is 5.60 Å². The minimum Gasteiger partial charge on any atom is -0.378 e. The minimum absolute atomic E-state index is 0.0679. The lowest BCUT2D eigenvalue weighted by Crippen LogP contribution is -2.50. The van der Waals surface area contributed by atoms with Gasteiger partial charge in [-0.2, -0.15) is 0 Å². The highest BCUT2D eigenvalue weighted by Gasteiger charge is 2.43. The molecule has 0 saturated carbocycles. The molecule has 2 fully saturated rings. The van der Waals surface area contributed by atoms with Crippen LogP contribution in [0.4, 0.5) is 0 Å². The summed E-state index contributed by atoms with van der Waals surface area (Å²) in [5.41, 5.74) is 1.47.